The summed E-state index contributed by atoms with van der Waals surface area (Å²) in [5, 5.41) is 12.1. The number of nitrogens with zero attached hydrogens (tertiary/aromatic N) is 2. The molecule has 1 heterocycles. The number of H-pyrrole nitrogens is 1. The number of nitrogens with two attached hydrogens (primary N) is 1. The number of nitrogens with one attached hydrogen (secondary N) is 2. The molecule has 0 aliphatic carbocycles. The van der Waals surface area contributed by atoms with E-state index in [1.807, 2.05) is 6.92 Å². The van der Waals surface area contributed by atoms with E-state index < -0.39 is 6.09 Å². The molecular weight excluding hydrogens is 338 g/mol. The van der Waals surface area contributed by atoms with Crippen LogP contribution in [0.2, 0.25) is 0 Å². The van der Waals surface area contributed by atoms with E-state index in [2.05, 4.69) is 20.0 Å². The highest BCUT2D eigenvalue weighted by molar-refractivity contribution is 5.82. The molecule has 0 spiro atoms. The molecule has 2 amide bonds. The Morgan fingerprint density at radius 3 is 2.85 bits per heavy atom. The van der Waals surface area contributed by atoms with Gasteiger partial charge in [0.2, 0.25) is 5.91 Å². The Morgan fingerprint density at radius 1 is 1.42 bits per heavy atom. The molecule has 140 valence electrons. The van der Waals surface area contributed by atoms with E-state index >= 15 is 0 Å². The number of carbonyl (C=O) groups excluding carboxylic acids is 2. The number of imidazole rings is 1. The maximum Gasteiger partial charge on any atom is 0.407 e. The van der Waals surface area contributed by atoms with Crippen LogP contribution in [0.15, 0.2) is 24.4 Å². The number of phenols is 1. The van der Waals surface area contributed by atoms with Crippen molar-refractivity contribution in [2.45, 2.75) is 19.9 Å². The summed E-state index contributed by atoms with van der Waals surface area (Å²) in [6.07, 6.45) is 1.74. The summed E-state index contributed by atoms with van der Waals surface area (Å²) in [6, 6.07) is 4.92. The molecule has 5 N–H and O–H groups in total. The number of hydrogen-bond acceptors (Lipinski definition) is 6. The minimum absolute atomic E-state index is 0.00433. The van der Waals surface area contributed by atoms with Crippen LogP contribution in [0.1, 0.15) is 19.2 Å². The van der Waals surface area contributed by atoms with E-state index in [0.717, 1.165) is 12.0 Å². The Morgan fingerprint density at radius 2 is 2.19 bits per heavy atom. The van der Waals surface area contributed by atoms with E-state index in [1.54, 1.807) is 29.3 Å². The molecule has 0 radical (unpaired) electrons. The quantitative estimate of drug-likeness (QED) is 0.436. The zero-order valence-corrected chi connectivity index (χ0v) is 14.8. The zero-order chi connectivity index (χ0) is 19.1. The van der Waals surface area contributed by atoms with Crippen LogP contribution in [-0.2, 0) is 16.1 Å². The number of nitrogen functional groups attached to an aromatic ring is 1. The van der Waals surface area contributed by atoms with Gasteiger partial charge in [0.05, 0.1) is 31.2 Å². The molecule has 1 aromatic carbocycles. The van der Waals surface area contributed by atoms with Gasteiger partial charge in [0, 0.05) is 12.1 Å². The molecule has 2 rings (SSSR count). The fraction of sp³-hybridized carbons (Fsp3) is 0.353. The number of phenolic OH excluding ortho intramolecular Hbond substituents is 1. The lowest BCUT2D eigenvalue weighted by Crippen LogP contribution is -2.40. The third-order valence-corrected chi connectivity index (χ3v) is 3.73. The van der Waals surface area contributed by atoms with Gasteiger partial charge in [-0.3, -0.25) is 4.79 Å². The lowest BCUT2D eigenvalue weighted by atomic mass is 10.1. The minimum atomic E-state index is -0.654. The smallest absolute Gasteiger partial charge is 0.407 e. The number of aromatic hydroxyl groups is 1. The Bertz CT molecular complexity index is 774. The van der Waals surface area contributed by atoms with E-state index in [1.165, 1.54) is 7.11 Å². The molecule has 2 aromatic rings. The third-order valence-electron chi connectivity index (χ3n) is 3.73. The number of rotatable bonds is 7. The van der Waals surface area contributed by atoms with E-state index in [9.17, 15) is 14.7 Å². The Hall–Kier alpha value is -3.23. The maximum atomic E-state index is 12.3. The molecule has 9 nitrogen and oxygen atoms in total. The van der Waals surface area contributed by atoms with Crippen molar-refractivity contribution in [2.75, 3.05) is 25.9 Å². The van der Waals surface area contributed by atoms with Crippen molar-refractivity contribution in [3.05, 3.63) is 30.2 Å². The number of carbonyl (C=O) groups is 2. The van der Waals surface area contributed by atoms with E-state index in [4.69, 9.17) is 5.73 Å². The summed E-state index contributed by atoms with van der Waals surface area (Å²) in [6.45, 7) is 2.61. The fourth-order valence-corrected chi connectivity index (χ4v) is 2.38. The summed E-state index contributed by atoms with van der Waals surface area (Å²) in [7, 11) is 1.24. The molecule has 26 heavy (non-hydrogen) atoms. The molecule has 0 unspecified atom stereocenters. The molecule has 0 aliphatic rings. The summed E-state index contributed by atoms with van der Waals surface area (Å²) < 4.78 is 4.46. The van der Waals surface area contributed by atoms with Crippen LogP contribution in [-0.4, -0.2) is 52.2 Å². The van der Waals surface area contributed by atoms with Gasteiger partial charge < -0.3 is 30.8 Å². The average molecular weight is 361 g/mol. The van der Waals surface area contributed by atoms with Gasteiger partial charge in [-0.25, -0.2) is 9.78 Å². The highest BCUT2D eigenvalue weighted by Gasteiger charge is 2.16. The SMILES string of the molecule is CCCN(Cc1ncc(-c2ccc(N)c(O)c2)[nH]1)C(=O)CNC(=O)OC. The lowest BCUT2D eigenvalue weighted by Gasteiger charge is -2.21. The fourth-order valence-electron chi connectivity index (χ4n) is 2.38. The number of anilines is 1. The highest BCUT2D eigenvalue weighted by atomic mass is 16.5. The molecule has 0 bridgehead atoms. The van der Waals surface area contributed by atoms with Gasteiger partial charge in [-0.2, -0.15) is 0 Å². The first-order valence-corrected chi connectivity index (χ1v) is 8.17. The third kappa shape index (κ3) is 4.88. The minimum Gasteiger partial charge on any atom is -0.506 e. The summed E-state index contributed by atoms with van der Waals surface area (Å²) in [4.78, 5) is 32.4. The number of hydrogen-bond donors (Lipinski definition) is 4. The topological polar surface area (TPSA) is 134 Å². The molecule has 0 atom stereocenters. The van der Waals surface area contributed by atoms with Crippen molar-refractivity contribution in [3.8, 4) is 17.0 Å². The molecule has 9 heteroatoms. The highest BCUT2D eigenvalue weighted by Crippen LogP contribution is 2.26. The van der Waals surface area contributed by atoms with Crippen molar-refractivity contribution in [1.29, 1.82) is 0 Å². The van der Waals surface area contributed by atoms with Crippen molar-refractivity contribution in [3.63, 3.8) is 0 Å². The Kier molecular flexibility index (Phi) is 6.42. The molecular formula is C17H23N5O4. The second-order valence-electron chi connectivity index (χ2n) is 5.68. The normalized spacial score (nSPS) is 10.4. The number of alkyl carbamates (subject to hydrolysis) is 1. The average Bonchev–Trinajstić information content (AvgIpc) is 3.09. The zero-order valence-electron chi connectivity index (χ0n) is 14.8. The van der Waals surface area contributed by atoms with Gasteiger partial charge >= 0.3 is 6.09 Å². The van der Waals surface area contributed by atoms with Gasteiger partial charge in [0.15, 0.2) is 0 Å². The van der Waals surface area contributed by atoms with Crippen molar-refractivity contribution < 1.29 is 19.4 Å². The summed E-state index contributed by atoms with van der Waals surface area (Å²) in [5.74, 6) is 0.354. The Balaban J connectivity index is 2.07. The molecule has 0 saturated heterocycles. The molecule has 0 fully saturated rings. The number of aromatic nitrogens is 2. The number of benzene rings is 1. The molecule has 0 aliphatic heterocycles. The predicted molar refractivity (Wildman–Crippen MR) is 96.2 cm³/mol. The van der Waals surface area contributed by atoms with E-state index in [-0.39, 0.29) is 24.7 Å². The number of ether oxygens (including phenoxy) is 1. The van der Waals surface area contributed by atoms with Crippen molar-refractivity contribution >= 4 is 17.7 Å². The Labute approximate surface area is 151 Å². The van der Waals surface area contributed by atoms with Crippen LogP contribution >= 0.6 is 0 Å². The largest absolute Gasteiger partial charge is 0.506 e. The van der Waals surface area contributed by atoms with Crippen LogP contribution in [0.5, 0.6) is 5.75 Å². The predicted octanol–water partition coefficient (Wildman–Crippen LogP) is 1.46. The van der Waals surface area contributed by atoms with Crippen LogP contribution in [0.4, 0.5) is 10.5 Å². The van der Waals surface area contributed by atoms with Gasteiger partial charge in [-0.15, -0.1) is 0 Å². The number of aromatic amines is 1. The number of amides is 2. The first-order valence-electron chi connectivity index (χ1n) is 8.17. The van der Waals surface area contributed by atoms with Gasteiger partial charge in [0.25, 0.3) is 0 Å². The lowest BCUT2D eigenvalue weighted by molar-refractivity contribution is -0.130. The van der Waals surface area contributed by atoms with E-state index in [0.29, 0.717) is 23.8 Å². The first kappa shape index (κ1) is 19.1. The second-order valence-corrected chi connectivity index (χ2v) is 5.68. The second kappa shape index (κ2) is 8.75. The van der Waals surface area contributed by atoms with Gasteiger partial charge in [0.1, 0.15) is 18.1 Å². The van der Waals surface area contributed by atoms with Crippen LogP contribution < -0.4 is 11.1 Å². The monoisotopic (exact) mass is 361 g/mol. The van der Waals surface area contributed by atoms with Crippen LogP contribution in [0, 0.1) is 0 Å². The molecule has 0 saturated carbocycles. The molecule has 1 aromatic heterocycles. The number of methoxy groups -OCH3 is 1. The van der Waals surface area contributed by atoms with Crippen LogP contribution in [0.25, 0.3) is 11.3 Å². The van der Waals surface area contributed by atoms with Crippen molar-refractivity contribution in [1.82, 2.24) is 20.2 Å². The van der Waals surface area contributed by atoms with Gasteiger partial charge in [-0.1, -0.05) is 13.0 Å². The maximum absolute atomic E-state index is 12.3. The standard InChI is InChI=1S/C17H23N5O4/c1-3-6-22(16(24)9-20-17(25)26-2)10-15-19-8-13(21-15)11-4-5-12(18)14(23)7-11/h4-5,7-8,23H,3,6,9-10,18H2,1-2H3,(H,19,21)(H,20,25). The van der Waals surface area contributed by atoms with Gasteiger partial charge in [-0.05, 0) is 18.6 Å². The van der Waals surface area contributed by atoms with Crippen LogP contribution in [0.3, 0.4) is 0 Å². The summed E-state index contributed by atoms with van der Waals surface area (Å²) >= 11 is 0. The summed E-state index contributed by atoms with van der Waals surface area (Å²) in [5.41, 5.74) is 7.34. The van der Waals surface area contributed by atoms with Crippen molar-refractivity contribution in [2.24, 2.45) is 0 Å². The first-order chi connectivity index (χ1) is 12.4.